The highest BCUT2D eigenvalue weighted by molar-refractivity contribution is 6.32. The zero-order chi connectivity index (χ0) is 36.6. The lowest BCUT2D eigenvalue weighted by atomic mass is 9.84. The fraction of sp³-hybridized carbons (Fsp3) is 0.320. The van der Waals surface area contributed by atoms with Crippen LogP contribution < -0.4 is 0 Å². The van der Waals surface area contributed by atoms with Gasteiger partial charge in [-0.2, -0.15) is 0 Å². The van der Waals surface area contributed by atoms with Crippen molar-refractivity contribution in [3.63, 3.8) is 0 Å². The molecule has 0 unspecified atom stereocenters. The third kappa shape index (κ3) is 4.07. The van der Waals surface area contributed by atoms with Crippen molar-refractivity contribution >= 4 is 87.0 Å². The van der Waals surface area contributed by atoms with Gasteiger partial charge in [-0.25, -0.2) is 0 Å². The second kappa shape index (κ2) is 9.58. The van der Waals surface area contributed by atoms with Gasteiger partial charge in [0, 0.05) is 53.9 Å². The lowest BCUT2D eigenvalue weighted by Gasteiger charge is -2.20. The Hall–Kier alpha value is -4.82. The standard InChI is InChI=1S/C50H50N2/c1-47(2,3)27-13-19-41-35(21-27)39-25-29(49(7,8)9)23-37-33-17-16-32-31(43(33)51(41)45(37)39)15-18-34-38-24-30(50(10,11)12)26-40-36-22-28(48(4,5)6)14-20-42(36)52(44(32)34)46(38)40/h13-26H,1-12H3. The van der Waals surface area contributed by atoms with Crippen molar-refractivity contribution in [2.24, 2.45) is 0 Å². The van der Waals surface area contributed by atoms with Crippen molar-refractivity contribution in [2.45, 2.75) is 105 Å². The molecular formula is C50H50N2. The van der Waals surface area contributed by atoms with Crippen LogP contribution in [0.4, 0.5) is 0 Å². The third-order valence-corrected chi connectivity index (χ3v) is 12.4. The predicted octanol–water partition coefficient (Wildman–Crippen LogP) is 14.3. The maximum absolute atomic E-state index is 2.60. The molecule has 10 aromatic rings. The second-order valence-electron chi connectivity index (χ2n) is 20.0. The summed E-state index contributed by atoms with van der Waals surface area (Å²) in [6.07, 6.45) is 0. The maximum atomic E-state index is 2.60. The van der Waals surface area contributed by atoms with Gasteiger partial charge in [0.25, 0.3) is 0 Å². The Morgan fingerprint density at radius 2 is 0.519 bits per heavy atom. The molecule has 10 rings (SSSR count). The quantitative estimate of drug-likeness (QED) is 0.151. The first-order valence-corrected chi connectivity index (χ1v) is 19.2. The maximum Gasteiger partial charge on any atom is 0.0620 e. The molecule has 0 spiro atoms. The van der Waals surface area contributed by atoms with Crippen LogP contribution >= 0.6 is 0 Å². The zero-order valence-corrected chi connectivity index (χ0v) is 33.0. The van der Waals surface area contributed by atoms with E-state index in [1.165, 1.54) is 109 Å². The Labute approximate surface area is 306 Å². The molecule has 0 saturated heterocycles. The average molecular weight is 679 g/mol. The summed E-state index contributed by atoms with van der Waals surface area (Å²) in [7, 11) is 0. The number of nitrogens with zero attached hydrogens (tertiary/aromatic N) is 2. The number of benzene rings is 6. The third-order valence-electron chi connectivity index (χ3n) is 12.4. The molecule has 4 heterocycles. The Morgan fingerprint density at radius 3 is 0.827 bits per heavy atom. The molecule has 2 heteroatoms. The Bertz CT molecular complexity index is 2920. The summed E-state index contributed by atoms with van der Waals surface area (Å²) in [6, 6.07) is 34.0. The van der Waals surface area contributed by atoms with Gasteiger partial charge in [-0.05, 0) is 92.4 Å². The van der Waals surface area contributed by atoms with E-state index in [-0.39, 0.29) is 21.7 Å². The molecule has 0 amide bonds. The molecule has 260 valence electrons. The molecule has 0 N–H and O–H groups in total. The highest BCUT2D eigenvalue weighted by atomic mass is 14.9. The van der Waals surface area contributed by atoms with Gasteiger partial charge in [0.1, 0.15) is 0 Å². The number of hydrogen-bond acceptors (Lipinski definition) is 0. The first kappa shape index (κ1) is 31.9. The SMILES string of the molecule is CC(C)(C)c1ccc2c(c1)c1cc(C(C)(C)C)cc3c4ccc5c(ccc6c7cc(C(C)(C)C)cc8c9cc(C(C)(C)C)ccc9n(c87)c65)c4n2c13. The van der Waals surface area contributed by atoms with Gasteiger partial charge in [-0.1, -0.05) is 119 Å². The van der Waals surface area contributed by atoms with Crippen LogP contribution in [0.25, 0.3) is 87.0 Å². The number of fused-ring (bicyclic) bond motifs is 15. The average Bonchev–Trinajstić information content (AvgIpc) is 3.78. The largest absolute Gasteiger partial charge is 0.307 e. The first-order valence-electron chi connectivity index (χ1n) is 19.2. The van der Waals surface area contributed by atoms with Gasteiger partial charge < -0.3 is 8.80 Å². The van der Waals surface area contributed by atoms with Gasteiger partial charge in [-0.3, -0.25) is 0 Å². The molecule has 4 aromatic heterocycles. The van der Waals surface area contributed by atoms with Crippen LogP contribution in [0, 0.1) is 0 Å². The van der Waals surface area contributed by atoms with E-state index in [1.54, 1.807) is 0 Å². The Morgan fingerprint density at radius 1 is 0.269 bits per heavy atom. The summed E-state index contributed by atoms with van der Waals surface area (Å²) in [5.74, 6) is 0. The molecule has 2 nitrogen and oxygen atoms in total. The fourth-order valence-corrected chi connectivity index (χ4v) is 9.26. The summed E-state index contributed by atoms with van der Waals surface area (Å²) in [5.41, 5.74) is 13.7. The predicted molar refractivity (Wildman–Crippen MR) is 228 cm³/mol. The van der Waals surface area contributed by atoms with Crippen LogP contribution in [0.3, 0.4) is 0 Å². The summed E-state index contributed by atoms with van der Waals surface area (Å²) in [4.78, 5) is 0. The molecule has 0 saturated carbocycles. The minimum Gasteiger partial charge on any atom is -0.307 e. The summed E-state index contributed by atoms with van der Waals surface area (Å²) >= 11 is 0. The smallest absolute Gasteiger partial charge is 0.0620 e. The normalized spacial score (nSPS) is 14.2. The van der Waals surface area contributed by atoms with E-state index in [0.29, 0.717) is 0 Å². The monoisotopic (exact) mass is 678 g/mol. The van der Waals surface area contributed by atoms with Crippen molar-refractivity contribution in [1.82, 2.24) is 8.80 Å². The van der Waals surface area contributed by atoms with Gasteiger partial charge in [0.15, 0.2) is 0 Å². The van der Waals surface area contributed by atoms with Gasteiger partial charge in [0.2, 0.25) is 0 Å². The number of aromatic nitrogens is 2. The highest BCUT2D eigenvalue weighted by Gasteiger charge is 2.28. The molecule has 0 aliphatic rings. The first-order chi connectivity index (χ1) is 24.3. The van der Waals surface area contributed by atoms with Crippen LogP contribution in [0.2, 0.25) is 0 Å². The van der Waals surface area contributed by atoms with E-state index in [1.807, 2.05) is 0 Å². The number of hydrogen-bond donors (Lipinski definition) is 0. The van der Waals surface area contributed by atoms with E-state index in [2.05, 4.69) is 177 Å². The summed E-state index contributed by atoms with van der Waals surface area (Å²) in [6.45, 7) is 28.0. The van der Waals surface area contributed by atoms with Crippen molar-refractivity contribution < 1.29 is 0 Å². The van der Waals surface area contributed by atoms with E-state index >= 15 is 0 Å². The van der Waals surface area contributed by atoms with E-state index in [0.717, 1.165) is 0 Å². The van der Waals surface area contributed by atoms with Crippen LogP contribution in [0.1, 0.15) is 105 Å². The van der Waals surface area contributed by atoms with Gasteiger partial charge >= 0.3 is 0 Å². The van der Waals surface area contributed by atoms with E-state index < -0.39 is 0 Å². The van der Waals surface area contributed by atoms with Crippen LogP contribution in [-0.2, 0) is 21.7 Å². The second-order valence-corrected chi connectivity index (χ2v) is 20.0. The van der Waals surface area contributed by atoms with Crippen molar-refractivity contribution in [1.29, 1.82) is 0 Å². The molecule has 6 aromatic carbocycles. The molecular weight excluding hydrogens is 629 g/mol. The zero-order valence-electron chi connectivity index (χ0n) is 33.0. The molecule has 52 heavy (non-hydrogen) atoms. The topological polar surface area (TPSA) is 8.82 Å². The summed E-state index contributed by atoms with van der Waals surface area (Å²) < 4.78 is 5.20. The van der Waals surface area contributed by atoms with E-state index in [9.17, 15) is 0 Å². The van der Waals surface area contributed by atoms with Crippen LogP contribution in [0.5, 0.6) is 0 Å². The molecule has 0 atom stereocenters. The van der Waals surface area contributed by atoms with Crippen LogP contribution in [0.15, 0.2) is 84.9 Å². The molecule has 0 radical (unpaired) electrons. The summed E-state index contributed by atoms with van der Waals surface area (Å²) in [5, 5.41) is 13.5. The molecule has 0 bridgehead atoms. The van der Waals surface area contributed by atoms with Crippen LogP contribution in [-0.4, -0.2) is 8.80 Å². The van der Waals surface area contributed by atoms with E-state index in [4.69, 9.17) is 0 Å². The lowest BCUT2D eigenvalue weighted by Crippen LogP contribution is -2.11. The number of rotatable bonds is 0. The van der Waals surface area contributed by atoms with Crippen molar-refractivity contribution in [3.05, 3.63) is 107 Å². The molecule has 0 aliphatic heterocycles. The Kier molecular flexibility index (Phi) is 5.87. The Balaban J connectivity index is 1.42. The minimum absolute atomic E-state index is 0.0343. The minimum atomic E-state index is 0.0343. The molecule has 0 fully saturated rings. The fourth-order valence-electron chi connectivity index (χ4n) is 9.26. The molecule has 0 aliphatic carbocycles. The van der Waals surface area contributed by atoms with Crippen molar-refractivity contribution in [2.75, 3.05) is 0 Å². The van der Waals surface area contributed by atoms with Gasteiger partial charge in [0.05, 0.1) is 33.1 Å². The van der Waals surface area contributed by atoms with Crippen molar-refractivity contribution in [3.8, 4) is 0 Å². The lowest BCUT2D eigenvalue weighted by molar-refractivity contribution is 0.590. The van der Waals surface area contributed by atoms with Gasteiger partial charge in [-0.15, -0.1) is 0 Å². The highest BCUT2D eigenvalue weighted by Crippen LogP contribution is 2.48.